The minimum atomic E-state index is -0.525. The highest BCUT2D eigenvalue weighted by molar-refractivity contribution is 5.66. The summed E-state index contributed by atoms with van der Waals surface area (Å²) in [5.74, 6) is 0.196. The monoisotopic (exact) mass is 295 g/mol. The van der Waals surface area contributed by atoms with Gasteiger partial charge in [-0.1, -0.05) is 0 Å². The Morgan fingerprint density at radius 1 is 1.48 bits per heavy atom. The summed E-state index contributed by atoms with van der Waals surface area (Å²) in [7, 11) is 0. The molecule has 0 aromatic heterocycles. The standard InChI is InChI=1S/C14H17NO6/c1-9-7-11(15(17)18)3-4-13(9)21-14-8-12(5-6-19-14)20-10(2)16/h3-4,7,12,14H,5-6,8H2,1-2H3. The Morgan fingerprint density at radius 3 is 2.86 bits per heavy atom. The van der Waals surface area contributed by atoms with Crippen LogP contribution in [-0.4, -0.2) is 29.9 Å². The molecule has 0 radical (unpaired) electrons. The quantitative estimate of drug-likeness (QED) is 0.481. The van der Waals surface area contributed by atoms with Crippen molar-refractivity contribution in [2.24, 2.45) is 0 Å². The van der Waals surface area contributed by atoms with Gasteiger partial charge in [-0.3, -0.25) is 14.9 Å². The lowest BCUT2D eigenvalue weighted by Crippen LogP contribution is -2.35. The lowest BCUT2D eigenvalue weighted by molar-refractivity contribution is -0.384. The zero-order valence-electron chi connectivity index (χ0n) is 11.9. The molecule has 1 saturated heterocycles. The molecule has 1 aliphatic rings. The second-order valence-corrected chi connectivity index (χ2v) is 4.88. The second-order valence-electron chi connectivity index (χ2n) is 4.88. The van der Waals surface area contributed by atoms with Crippen LogP contribution in [0.15, 0.2) is 18.2 Å². The van der Waals surface area contributed by atoms with Crippen LogP contribution in [0, 0.1) is 17.0 Å². The molecular formula is C14H17NO6. The maximum Gasteiger partial charge on any atom is 0.302 e. The number of aryl methyl sites for hydroxylation is 1. The normalized spacial score (nSPS) is 21.6. The van der Waals surface area contributed by atoms with Crippen LogP contribution in [0.25, 0.3) is 0 Å². The number of hydrogen-bond donors (Lipinski definition) is 0. The van der Waals surface area contributed by atoms with Crippen molar-refractivity contribution < 1.29 is 23.9 Å². The van der Waals surface area contributed by atoms with E-state index in [9.17, 15) is 14.9 Å². The third-order valence-corrected chi connectivity index (χ3v) is 3.16. The van der Waals surface area contributed by atoms with E-state index < -0.39 is 11.2 Å². The summed E-state index contributed by atoms with van der Waals surface area (Å²) in [5, 5.41) is 10.7. The van der Waals surface area contributed by atoms with Gasteiger partial charge in [-0.25, -0.2) is 0 Å². The number of esters is 1. The molecule has 0 bridgehead atoms. The van der Waals surface area contributed by atoms with Gasteiger partial charge in [-0.15, -0.1) is 0 Å². The van der Waals surface area contributed by atoms with Gasteiger partial charge in [0.1, 0.15) is 11.9 Å². The van der Waals surface area contributed by atoms with Gasteiger partial charge < -0.3 is 14.2 Å². The zero-order valence-corrected chi connectivity index (χ0v) is 11.9. The molecule has 1 aliphatic heterocycles. The minimum Gasteiger partial charge on any atom is -0.465 e. The van der Waals surface area contributed by atoms with Crippen molar-refractivity contribution in [1.82, 2.24) is 0 Å². The van der Waals surface area contributed by atoms with Crippen LogP contribution in [0.2, 0.25) is 0 Å². The average molecular weight is 295 g/mol. The second kappa shape index (κ2) is 6.53. The fourth-order valence-corrected chi connectivity index (χ4v) is 2.18. The van der Waals surface area contributed by atoms with Crippen LogP contribution in [0.3, 0.4) is 0 Å². The van der Waals surface area contributed by atoms with E-state index >= 15 is 0 Å². The smallest absolute Gasteiger partial charge is 0.302 e. The molecular weight excluding hydrogens is 278 g/mol. The summed E-state index contributed by atoms with van der Waals surface area (Å²) >= 11 is 0. The van der Waals surface area contributed by atoms with Crippen molar-refractivity contribution in [3.63, 3.8) is 0 Å². The fourth-order valence-electron chi connectivity index (χ4n) is 2.18. The molecule has 1 aromatic carbocycles. The molecule has 7 heteroatoms. The summed E-state index contributed by atoms with van der Waals surface area (Å²) in [6, 6.07) is 4.38. The molecule has 1 heterocycles. The van der Waals surface area contributed by atoms with Crippen molar-refractivity contribution in [2.75, 3.05) is 6.61 Å². The molecule has 0 amide bonds. The van der Waals surface area contributed by atoms with Crippen molar-refractivity contribution in [2.45, 2.75) is 39.1 Å². The molecule has 7 nitrogen and oxygen atoms in total. The van der Waals surface area contributed by atoms with Crippen LogP contribution >= 0.6 is 0 Å². The number of nitrogens with zero attached hydrogens (tertiary/aromatic N) is 1. The van der Waals surface area contributed by atoms with Gasteiger partial charge >= 0.3 is 5.97 Å². The van der Waals surface area contributed by atoms with Crippen LogP contribution in [-0.2, 0) is 14.3 Å². The molecule has 1 aromatic rings. The SMILES string of the molecule is CC(=O)OC1CCOC(Oc2ccc([N+](=O)[O-])cc2C)C1. The Kier molecular flexibility index (Phi) is 4.74. The number of rotatable bonds is 4. The number of hydrogen-bond acceptors (Lipinski definition) is 6. The number of ether oxygens (including phenoxy) is 3. The van der Waals surface area contributed by atoms with Crippen molar-refractivity contribution >= 4 is 11.7 Å². The van der Waals surface area contributed by atoms with Gasteiger partial charge in [0.2, 0.25) is 6.29 Å². The predicted molar refractivity (Wildman–Crippen MR) is 73.0 cm³/mol. The first-order chi connectivity index (χ1) is 9.95. The predicted octanol–water partition coefficient (Wildman–Crippen LogP) is 2.35. The Labute approximate surface area is 122 Å². The number of nitro groups is 1. The van der Waals surface area contributed by atoms with Gasteiger partial charge in [-0.2, -0.15) is 0 Å². The van der Waals surface area contributed by atoms with E-state index in [1.807, 2.05) is 0 Å². The molecule has 21 heavy (non-hydrogen) atoms. The summed E-state index contributed by atoms with van der Waals surface area (Å²) in [5.41, 5.74) is 0.671. The van der Waals surface area contributed by atoms with E-state index in [4.69, 9.17) is 14.2 Å². The van der Waals surface area contributed by atoms with Crippen LogP contribution in [0.4, 0.5) is 5.69 Å². The molecule has 2 rings (SSSR count). The number of carbonyl (C=O) groups excluding carboxylic acids is 1. The molecule has 0 aliphatic carbocycles. The average Bonchev–Trinajstić information content (AvgIpc) is 2.40. The van der Waals surface area contributed by atoms with Gasteiger partial charge in [0, 0.05) is 31.9 Å². The van der Waals surface area contributed by atoms with Gasteiger partial charge in [0.05, 0.1) is 11.5 Å². The summed E-state index contributed by atoms with van der Waals surface area (Å²) in [4.78, 5) is 21.2. The number of non-ortho nitro benzene ring substituents is 1. The maximum atomic E-state index is 11.0. The number of benzene rings is 1. The van der Waals surface area contributed by atoms with E-state index in [1.54, 1.807) is 13.0 Å². The van der Waals surface area contributed by atoms with E-state index in [0.717, 1.165) is 0 Å². The first-order valence-electron chi connectivity index (χ1n) is 6.66. The Hall–Kier alpha value is -2.15. The summed E-state index contributed by atoms with van der Waals surface area (Å²) in [6.07, 6.45) is 0.331. The fraction of sp³-hybridized carbons (Fsp3) is 0.500. The minimum absolute atomic E-state index is 0.0159. The van der Waals surface area contributed by atoms with Gasteiger partial charge in [-0.05, 0) is 18.6 Å². The third kappa shape index (κ3) is 4.16. The molecule has 0 saturated carbocycles. The van der Waals surface area contributed by atoms with E-state index in [0.29, 0.717) is 30.8 Å². The van der Waals surface area contributed by atoms with Gasteiger partial charge in [0.25, 0.3) is 5.69 Å². The number of carbonyl (C=O) groups is 1. The largest absolute Gasteiger partial charge is 0.465 e. The van der Waals surface area contributed by atoms with Crippen LogP contribution < -0.4 is 4.74 Å². The first kappa shape index (κ1) is 15.2. The highest BCUT2D eigenvalue weighted by atomic mass is 16.7. The van der Waals surface area contributed by atoms with Crippen molar-refractivity contribution in [3.8, 4) is 5.75 Å². The first-order valence-corrected chi connectivity index (χ1v) is 6.66. The maximum absolute atomic E-state index is 11.0. The van der Waals surface area contributed by atoms with E-state index in [-0.39, 0.29) is 17.8 Å². The lowest BCUT2D eigenvalue weighted by atomic mass is 10.1. The molecule has 1 fully saturated rings. The highest BCUT2D eigenvalue weighted by Gasteiger charge is 2.26. The molecule has 2 unspecified atom stereocenters. The number of nitro benzene ring substituents is 1. The Bertz CT molecular complexity index is 544. The van der Waals surface area contributed by atoms with Crippen LogP contribution in [0.5, 0.6) is 5.75 Å². The zero-order chi connectivity index (χ0) is 15.4. The molecule has 114 valence electrons. The Balaban J connectivity index is 2.01. The molecule has 2 atom stereocenters. The molecule has 0 spiro atoms. The summed E-state index contributed by atoms with van der Waals surface area (Å²) in [6.45, 7) is 3.54. The lowest BCUT2D eigenvalue weighted by Gasteiger charge is -2.29. The third-order valence-electron chi connectivity index (χ3n) is 3.16. The van der Waals surface area contributed by atoms with E-state index in [2.05, 4.69) is 0 Å². The van der Waals surface area contributed by atoms with E-state index in [1.165, 1.54) is 19.1 Å². The Morgan fingerprint density at radius 2 is 2.24 bits per heavy atom. The highest BCUT2D eigenvalue weighted by Crippen LogP contribution is 2.27. The van der Waals surface area contributed by atoms with Crippen molar-refractivity contribution in [3.05, 3.63) is 33.9 Å². The van der Waals surface area contributed by atoms with Gasteiger partial charge in [0.15, 0.2) is 0 Å². The summed E-state index contributed by atoms with van der Waals surface area (Å²) < 4.78 is 16.3. The topological polar surface area (TPSA) is 87.9 Å². The van der Waals surface area contributed by atoms with Crippen molar-refractivity contribution in [1.29, 1.82) is 0 Å². The van der Waals surface area contributed by atoms with Crippen LogP contribution in [0.1, 0.15) is 25.3 Å². The molecule has 0 N–H and O–H groups in total.